The van der Waals surface area contributed by atoms with E-state index in [1.807, 2.05) is 36.1 Å². The number of urea groups is 1. The number of aromatic nitrogens is 2. The molecule has 2 saturated heterocycles. The van der Waals surface area contributed by atoms with Crippen LogP contribution in [-0.2, 0) is 11.2 Å². The Morgan fingerprint density at radius 3 is 2.93 bits per heavy atom. The monoisotopic (exact) mass is 400 g/mol. The average Bonchev–Trinajstić information content (AvgIpc) is 3.41. The van der Waals surface area contributed by atoms with E-state index < -0.39 is 0 Å². The number of benzene rings is 1. The third kappa shape index (κ3) is 4.87. The maximum atomic E-state index is 12.7. The van der Waals surface area contributed by atoms with Gasteiger partial charge in [0.1, 0.15) is 5.75 Å². The van der Waals surface area contributed by atoms with Gasteiger partial charge in [-0.25, -0.2) is 4.79 Å². The number of hydrogen-bond donors (Lipinski definition) is 1. The lowest BCUT2D eigenvalue weighted by Gasteiger charge is -2.18. The van der Waals surface area contributed by atoms with Crippen molar-refractivity contribution in [1.29, 1.82) is 0 Å². The quantitative estimate of drug-likeness (QED) is 0.799. The van der Waals surface area contributed by atoms with Crippen molar-refractivity contribution in [2.24, 2.45) is 5.92 Å². The van der Waals surface area contributed by atoms with Crippen molar-refractivity contribution in [3.63, 3.8) is 0 Å². The van der Waals surface area contributed by atoms with Gasteiger partial charge in [-0.3, -0.25) is 0 Å². The summed E-state index contributed by atoms with van der Waals surface area (Å²) < 4.78 is 16.5. The smallest absolute Gasteiger partial charge is 0.321 e. The summed E-state index contributed by atoms with van der Waals surface area (Å²) in [4.78, 5) is 19.1. The molecule has 1 N–H and O–H groups in total. The van der Waals surface area contributed by atoms with Crippen LogP contribution in [0.5, 0.6) is 5.75 Å². The number of ether oxygens (including phenoxy) is 2. The Labute approximate surface area is 170 Å². The molecule has 2 aromatic rings. The minimum Gasteiger partial charge on any atom is -0.492 e. The molecule has 0 bridgehead atoms. The van der Waals surface area contributed by atoms with Crippen LogP contribution in [-0.4, -0.2) is 54.0 Å². The van der Waals surface area contributed by atoms with Gasteiger partial charge in [0.15, 0.2) is 5.82 Å². The molecule has 156 valence electrons. The van der Waals surface area contributed by atoms with Crippen LogP contribution < -0.4 is 10.1 Å². The number of rotatable bonds is 6. The molecule has 4 rings (SSSR count). The van der Waals surface area contributed by atoms with Gasteiger partial charge in [0.2, 0.25) is 5.89 Å². The zero-order valence-corrected chi connectivity index (χ0v) is 16.8. The van der Waals surface area contributed by atoms with Crippen molar-refractivity contribution >= 4 is 11.7 Å². The Bertz CT molecular complexity index is 819. The first-order valence-corrected chi connectivity index (χ1v) is 10.4. The molecule has 2 fully saturated rings. The summed E-state index contributed by atoms with van der Waals surface area (Å²) >= 11 is 0. The second-order valence-electron chi connectivity index (χ2n) is 7.60. The zero-order valence-electron chi connectivity index (χ0n) is 16.8. The lowest BCUT2D eigenvalue weighted by molar-refractivity contribution is 0.0778. The summed E-state index contributed by atoms with van der Waals surface area (Å²) in [6.07, 6.45) is 3.53. The molecule has 1 atom stereocenters. The fourth-order valence-electron chi connectivity index (χ4n) is 3.95. The molecule has 0 aliphatic carbocycles. The Balaban J connectivity index is 1.30. The molecule has 0 radical (unpaired) electrons. The number of para-hydroxylation sites is 2. The van der Waals surface area contributed by atoms with Crippen molar-refractivity contribution in [2.45, 2.75) is 38.5 Å². The highest BCUT2D eigenvalue weighted by Gasteiger charge is 2.29. The molecule has 1 aromatic heterocycles. The van der Waals surface area contributed by atoms with Gasteiger partial charge in [0.25, 0.3) is 0 Å². The van der Waals surface area contributed by atoms with Gasteiger partial charge in [-0.15, -0.1) is 0 Å². The number of likely N-dealkylation sites (tertiary alicyclic amines) is 1. The predicted octanol–water partition coefficient (Wildman–Crippen LogP) is 3.46. The van der Waals surface area contributed by atoms with Gasteiger partial charge >= 0.3 is 6.03 Å². The Morgan fingerprint density at radius 2 is 2.10 bits per heavy atom. The molecular formula is C21H28N4O4. The molecule has 0 spiro atoms. The molecule has 3 heterocycles. The number of nitrogens with one attached hydrogen (secondary N) is 1. The number of amides is 2. The number of anilines is 1. The van der Waals surface area contributed by atoms with E-state index in [0.717, 1.165) is 57.2 Å². The summed E-state index contributed by atoms with van der Waals surface area (Å²) in [5.41, 5.74) is 0.696. The Morgan fingerprint density at radius 1 is 1.28 bits per heavy atom. The largest absolute Gasteiger partial charge is 0.492 e. The molecule has 8 heteroatoms. The van der Waals surface area contributed by atoms with E-state index >= 15 is 0 Å². The second-order valence-corrected chi connectivity index (χ2v) is 7.60. The van der Waals surface area contributed by atoms with Crippen molar-refractivity contribution in [3.8, 4) is 5.75 Å². The number of nitrogens with zero attached hydrogens (tertiary/aromatic N) is 3. The third-order valence-electron chi connectivity index (χ3n) is 5.53. The summed E-state index contributed by atoms with van der Waals surface area (Å²) in [6, 6.07) is 7.39. The van der Waals surface area contributed by atoms with E-state index in [-0.39, 0.29) is 6.03 Å². The van der Waals surface area contributed by atoms with Gasteiger partial charge in [-0.2, -0.15) is 4.98 Å². The number of hydrogen-bond acceptors (Lipinski definition) is 6. The first-order chi connectivity index (χ1) is 14.2. The number of carbonyl (C=O) groups excluding carboxylic acids is 1. The maximum absolute atomic E-state index is 12.7. The minimum atomic E-state index is -0.101. The highest BCUT2D eigenvalue weighted by Crippen LogP contribution is 2.28. The van der Waals surface area contributed by atoms with Crippen LogP contribution >= 0.6 is 0 Å². The average molecular weight is 400 g/mol. The second kappa shape index (κ2) is 9.26. The van der Waals surface area contributed by atoms with E-state index in [4.69, 9.17) is 14.0 Å². The minimum absolute atomic E-state index is 0.101. The molecule has 8 nitrogen and oxygen atoms in total. The maximum Gasteiger partial charge on any atom is 0.321 e. The fraction of sp³-hybridized carbons (Fsp3) is 0.571. The Kier molecular flexibility index (Phi) is 6.29. The first kappa shape index (κ1) is 19.7. The molecule has 1 aromatic carbocycles. The van der Waals surface area contributed by atoms with Crippen LogP contribution in [0.1, 0.15) is 43.8 Å². The highest BCUT2D eigenvalue weighted by atomic mass is 16.5. The van der Waals surface area contributed by atoms with E-state index in [9.17, 15) is 4.79 Å². The molecular weight excluding hydrogens is 372 g/mol. The summed E-state index contributed by atoms with van der Waals surface area (Å²) in [5.74, 6) is 2.79. The number of carbonyl (C=O) groups is 1. The van der Waals surface area contributed by atoms with Crippen LogP contribution in [0.25, 0.3) is 0 Å². The van der Waals surface area contributed by atoms with Crippen molar-refractivity contribution in [1.82, 2.24) is 15.0 Å². The van der Waals surface area contributed by atoms with Crippen molar-refractivity contribution in [2.75, 3.05) is 38.2 Å². The standard InChI is InChI=1S/C21H28N4O4/c1-2-28-18-6-4-3-5-17(18)22-21(26)25-10-7-15(14-25)13-19-23-20(29-24-19)16-8-11-27-12-9-16/h3-6,15-16H,2,7-14H2,1H3,(H,22,26). The molecule has 2 aliphatic rings. The lowest BCUT2D eigenvalue weighted by Crippen LogP contribution is -2.33. The van der Waals surface area contributed by atoms with Gasteiger partial charge in [-0.1, -0.05) is 17.3 Å². The lowest BCUT2D eigenvalue weighted by atomic mass is 10.0. The molecule has 29 heavy (non-hydrogen) atoms. The molecule has 0 saturated carbocycles. The van der Waals surface area contributed by atoms with Crippen LogP contribution in [0, 0.1) is 5.92 Å². The Hall–Kier alpha value is -2.61. The summed E-state index contributed by atoms with van der Waals surface area (Å²) in [5, 5.41) is 7.13. The van der Waals surface area contributed by atoms with E-state index in [0.29, 0.717) is 36.4 Å². The first-order valence-electron chi connectivity index (χ1n) is 10.4. The van der Waals surface area contributed by atoms with Gasteiger partial charge in [0.05, 0.1) is 12.3 Å². The zero-order chi connectivity index (χ0) is 20.1. The van der Waals surface area contributed by atoms with Crippen molar-refractivity contribution < 1.29 is 18.8 Å². The highest BCUT2D eigenvalue weighted by molar-refractivity contribution is 5.91. The topological polar surface area (TPSA) is 89.7 Å². The van der Waals surface area contributed by atoms with Crippen LogP contribution in [0.2, 0.25) is 0 Å². The molecule has 2 aliphatic heterocycles. The van der Waals surface area contributed by atoms with Gasteiger partial charge in [0, 0.05) is 38.6 Å². The summed E-state index contributed by atoms with van der Waals surface area (Å²) in [7, 11) is 0. The van der Waals surface area contributed by atoms with Gasteiger partial charge in [-0.05, 0) is 44.2 Å². The van der Waals surface area contributed by atoms with Crippen LogP contribution in [0.3, 0.4) is 0 Å². The molecule has 1 unspecified atom stereocenters. The van der Waals surface area contributed by atoms with E-state index in [1.54, 1.807) is 0 Å². The van der Waals surface area contributed by atoms with Gasteiger partial charge < -0.3 is 24.2 Å². The molecule has 2 amide bonds. The normalized spacial score (nSPS) is 20.0. The van der Waals surface area contributed by atoms with E-state index in [1.165, 1.54) is 0 Å². The summed E-state index contributed by atoms with van der Waals surface area (Å²) in [6.45, 7) is 5.39. The predicted molar refractivity (Wildman–Crippen MR) is 107 cm³/mol. The van der Waals surface area contributed by atoms with Crippen LogP contribution in [0.4, 0.5) is 10.5 Å². The van der Waals surface area contributed by atoms with Crippen LogP contribution in [0.15, 0.2) is 28.8 Å². The van der Waals surface area contributed by atoms with E-state index in [2.05, 4.69) is 15.5 Å². The SMILES string of the molecule is CCOc1ccccc1NC(=O)N1CCC(Cc2noc(C3CCOCC3)n2)C1. The fourth-order valence-corrected chi connectivity index (χ4v) is 3.95. The third-order valence-corrected chi connectivity index (χ3v) is 5.53. The van der Waals surface area contributed by atoms with Crippen molar-refractivity contribution in [3.05, 3.63) is 36.0 Å².